The van der Waals surface area contributed by atoms with E-state index in [1.165, 1.54) is 56.7 Å². The van der Waals surface area contributed by atoms with Gasteiger partial charge in [-0.05, 0) is 71.5 Å². The van der Waals surface area contributed by atoms with E-state index in [4.69, 9.17) is 0 Å². The quantitative estimate of drug-likeness (QED) is 0.164. The van der Waals surface area contributed by atoms with Crippen molar-refractivity contribution in [3.8, 4) is 0 Å². The third-order valence-electron chi connectivity index (χ3n) is 8.80. The van der Waals surface area contributed by atoms with Gasteiger partial charge in [0.05, 0.1) is 31.6 Å². The molecule has 39 heavy (non-hydrogen) atoms. The lowest BCUT2D eigenvalue weighted by molar-refractivity contribution is -0.122. The number of hydrogen-bond acceptors (Lipinski definition) is 4. The van der Waals surface area contributed by atoms with Crippen molar-refractivity contribution < 1.29 is 9.59 Å². The molecule has 3 aliphatic carbocycles. The molecule has 6 aromatic rings. The van der Waals surface area contributed by atoms with Crippen molar-refractivity contribution >= 4 is 102 Å². The van der Waals surface area contributed by atoms with Gasteiger partial charge in [-0.15, -0.1) is 22.7 Å². The van der Waals surface area contributed by atoms with Crippen LogP contribution in [0.15, 0.2) is 87.8 Å². The van der Waals surface area contributed by atoms with E-state index in [0.29, 0.717) is 5.69 Å². The van der Waals surface area contributed by atoms with E-state index in [1.807, 2.05) is 53.0 Å². The summed E-state index contributed by atoms with van der Waals surface area (Å²) in [6.45, 7) is 0. The van der Waals surface area contributed by atoms with Crippen LogP contribution in [0.4, 0.5) is 5.69 Å². The summed E-state index contributed by atoms with van der Waals surface area (Å²) in [5.41, 5.74) is 4.34. The Hall–Kier alpha value is -2.84. The van der Waals surface area contributed by atoms with E-state index in [1.54, 1.807) is 0 Å². The van der Waals surface area contributed by atoms with Gasteiger partial charge in [-0.2, -0.15) is 0 Å². The van der Waals surface area contributed by atoms with Crippen molar-refractivity contribution in [1.82, 2.24) is 0 Å². The molecule has 2 bridgehead atoms. The molecule has 4 aromatic carbocycles. The molecule has 2 amide bonds. The van der Waals surface area contributed by atoms with Gasteiger partial charge in [0.15, 0.2) is 0 Å². The standard InChI is InChI=1S/C32H17Br2NO2S2/c33-25-17-12-6-7-13-18(17)26(34)28-24(25)30-29(39-28)23-19-15-10-4-5-11-16(15)20(27(23)38-30)22-21(19)31(36)35(32(22)37)14-8-2-1-3-9-14/h1-13,19-22H/t19-,20+,21?,22?/m0/s1. The average molecular weight is 671 g/mol. The second kappa shape index (κ2) is 7.88. The number of anilines is 1. The molecule has 1 fully saturated rings. The number of hydrogen-bond donors (Lipinski definition) is 0. The number of fused-ring (bicyclic) bond motifs is 4. The van der Waals surface area contributed by atoms with Gasteiger partial charge in [0.25, 0.3) is 0 Å². The molecule has 2 aromatic heterocycles. The van der Waals surface area contributed by atoms with Crippen LogP contribution < -0.4 is 4.90 Å². The van der Waals surface area contributed by atoms with E-state index in [2.05, 4.69) is 80.4 Å². The first-order valence-corrected chi connectivity index (χ1v) is 16.0. The fraction of sp³-hybridized carbons (Fsp3) is 0.125. The predicted molar refractivity (Wildman–Crippen MR) is 166 cm³/mol. The van der Waals surface area contributed by atoms with Crippen LogP contribution in [0.5, 0.6) is 0 Å². The second-order valence-electron chi connectivity index (χ2n) is 10.5. The molecule has 1 saturated heterocycles. The molecule has 0 N–H and O–H groups in total. The SMILES string of the molecule is O=C1C2C(C(=O)N1c1ccccc1)[C@H]1c3ccccc3[C@@H]2c2c1sc1c2sc2c(Br)c3ccccc3c(Br)c21. The van der Waals surface area contributed by atoms with E-state index in [0.717, 1.165) is 8.95 Å². The van der Waals surface area contributed by atoms with Crippen LogP contribution in [0.25, 0.3) is 30.3 Å². The molecule has 4 aliphatic rings. The van der Waals surface area contributed by atoms with Gasteiger partial charge in [-0.3, -0.25) is 9.59 Å². The zero-order chi connectivity index (χ0) is 26.2. The Bertz CT molecular complexity index is 2080. The third kappa shape index (κ3) is 2.72. The molecule has 0 spiro atoms. The minimum atomic E-state index is -0.390. The third-order valence-corrected chi connectivity index (χ3v) is 13.4. The molecule has 7 heteroatoms. The molecular formula is C32H17Br2NO2S2. The highest BCUT2D eigenvalue weighted by molar-refractivity contribution is 9.11. The van der Waals surface area contributed by atoms with Gasteiger partial charge in [0.2, 0.25) is 11.8 Å². The Balaban J connectivity index is 1.35. The highest BCUT2D eigenvalue weighted by Crippen LogP contribution is 2.66. The van der Waals surface area contributed by atoms with E-state index in [-0.39, 0.29) is 35.5 Å². The van der Waals surface area contributed by atoms with Crippen LogP contribution in [-0.2, 0) is 9.59 Å². The number of benzene rings is 4. The van der Waals surface area contributed by atoms with Crippen LogP contribution in [0.3, 0.4) is 0 Å². The van der Waals surface area contributed by atoms with Gasteiger partial charge in [-0.25, -0.2) is 4.90 Å². The largest absolute Gasteiger partial charge is 0.274 e. The van der Waals surface area contributed by atoms with E-state index >= 15 is 0 Å². The van der Waals surface area contributed by atoms with Crippen molar-refractivity contribution in [3.63, 3.8) is 0 Å². The van der Waals surface area contributed by atoms with Crippen LogP contribution in [0.2, 0.25) is 0 Å². The smallest absolute Gasteiger partial charge is 0.238 e. The molecule has 10 rings (SSSR count). The Kier molecular flexibility index (Phi) is 4.63. The molecule has 0 saturated carbocycles. The van der Waals surface area contributed by atoms with Crippen molar-refractivity contribution in [2.75, 3.05) is 4.90 Å². The molecule has 188 valence electrons. The Morgan fingerprint density at radius 1 is 0.615 bits per heavy atom. The summed E-state index contributed by atoms with van der Waals surface area (Å²) in [5, 5.41) is 3.58. The van der Waals surface area contributed by atoms with Crippen LogP contribution >= 0.6 is 54.5 Å². The van der Waals surface area contributed by atoms with Gasteiger partial charge in [0, 0.05) is 31.0 Å². The number of para-hydroxylation sites is 1. The number of imide groups is 1. The maximum atomic E-state index is 14.2. The fourth-order valence-electron chi connectivity index (χ4n) is 7.32. The summed E-state index contributed by atoms with van der Waals surface area (Å²) in [4.78, 5) is 30.9. The number of thiophene rings is 2. The lowest BCUT2D eigenvalue weighted by Crippen LogP contribution is -2.40. The lowest BCUT2D eigenvalue weighted by atomic mass is 9.57. The molecule has 3 nitrogen and oxygen atoms in total. The topological polar surface area (TPSA) is 37.4 Å². The average Bonchev–Trinajstić information content (AvgIpc) is 3.61. The maximum absolute atomic E-state index is 14.2. The van der Waals surface area contributed by atoms with Gasteiger partial charge < -0.3 is 0 Å². The fourth-order valence-corrected chi connectivity index (χ4v) is 12.2. The highest BCUT2D eigenvalue weighted by Gasteiger charge is 2.63. The number of carbonyl (C=O) groups excluding carboxylic acids is 2. The lowest BCUT2D eigenvalue weighted by Gasteiger charge is -2.44. The molecule has 0 radical (unpaired) electrons. The van der Waals surface area contributed by atoms with Gasteiger partial charge >= 0.3 is 0 Å². The summed E-state index contributed by atoms with van der Waals surface area (Å²) >= 11 is 11.5. The first-order chi connectivity index (χ1) is 19.1. The summed E-state index contributed by atoms with van der Waals surface area (Å²) in [6.07, 6.45) is 0. The van der Waals surface area contributed by atoms with Crippen molar-refractivity contribution in [2.24, 2.45) is 11.8 Å². The first kappa shape index (κ1) is 22.9. The van der Waals surface area contributed by atoms with Crippen molar-refractivity contribution in [1.29, 1.82) is 0 Å². The summed E-state index contributed by atoms with van der Waals surface area (Å²) in [5.74, 6) is -1.15. The minimum Gasteiger partial charge on any atom is -0.274 e. The number of halogens is 2. The second-order valence-corrected chi connectivity index (χ2v) is 14.2. The number of nitrogens with zero attached hydrogens (tertiary/aromatic N) is 1. The predicted octanol–water partition coefficient (Wildman–Crippen LogP) is 9.19. The van der Waals surface area contributed by atoms with Crippen LogP contribution in [0, 0.1) is 11.8 Å². The normalized spacial score (nSPS) is 23.2. The Morgan fingerprint density at radius 3 is 1.92 bits per heavy atom. The van der Waals surface area contributed by atoms with E-state index in [9.17, 15) is 9.59 Å². The zero-order valence-corrected chi connectivity index (χ0v) is 25.0. The van der Waals surface area contributed by atoms with Gasteiger partial charge in [-0.1, -0.05) is 66.7 Å². The van der Waals surface area contributed by atoms with Crippen LogP contribution in [0.1, 0.15) is 33.4 Å². The van der Waals surface area contributed by atoms with Crippen molar-refractivity contribution in [3.05, 3.63) is 109 Å². The number of amides is 2. The summed E-state index contributed by atoms with van der Waals surface area (Å²) in [6, 6.07) is 26.3. The molecule has 3 heterocycles. The van der Waals surface area contributed by atoms with E-state index < -0.39 is 0 Å². The van der Waals surface area contributed by atoms with Gasteiger partial charge in [0.1, 0.15) is 0 Å². The Labute approximate surface area is 248 Å². The number of rotatable bonds is 1. The minimum absolute atomic E-state index is 0.0668. The van der Waals surface area contributed by atoms with Crippen molar-refractivity contribution in [2.45, 2.75) is 11.8 Å². The Morgan fingerprint density at radius 2 is 1.21 bits per heavy atom. The molecule has 1 aliphatic heterocycles. The summed E-state index contributed by atoms with van der Waals surface area (Å²) in [7, 11) is 0. The maximum Gasteiger partial charge on any atom is 0.238 e. The monoisotopic (exact) mass is 669 g/mol. The highest BCUT2D eigenvalue weighted by atomic mass is 79.9. The molecular weight excluding hydrogens is 654 g/mol. The first-order valence-electron chi connectivity index (χ1n) is 12.8. The molecule has 2 unspecified atom stereocenters. The zero-order valence-electron chi connectivity index (χ0n) is 20.2. The molecule has 4 atom stereocenters. The number of carbonyl (C=O) groups is 2. The van der Waals surface area contributed by atoms with Crippen LogP contribution in [-0.4, -0.2) is 11.8 Å². The summed E-state index contributed by atoms with van der Waals surface area (Å²) < 4.78 is 5.94.